The minimum Gasteiger partial charge on any atom is -0.443 e. The lowest BCUT2D eigenvalue weighted by Gasteiger charge is -2.21. The molecule has 0 unspecified atom stereocenters. The van der Waals surface area contributed by atoms with Crippen molar-refractivity contribution in [3.8, 4) is 5.69 Å². The molecule has 1 N–H and O–H groups in total. The van der Waals surface area contributed by atoms with Crippen molar-refractivity contribution in [2.75, 3.05) is 13.6 Å². The van der Waals surface area contributed by atoms with Gasteiger partial charge in [0.15, 0.2) is 5.96 Å². The third-order valence-corrected chi connectivity index (χ3v) is 4.43. The Morgan fingerprint density at radius 1 is 1.21 bits per heavy atom. The molecule has 0 fully saturated rings. The molecule has 0 atom stereocenters. The lowest BCUT2D eigenvalue weighted by atomic mass is 9.94. The van der Waals surface area contributed by atoms with Crippen molar-refractivity contribution in [1.29, 1.82) is 0 Å². The average molecular weight is 395 g/mol. The van der Waals surface area contributed by atoms with Crippen molar-refractivity contribution < 1.29 is 4.42 Å². The third-order valence-electron chi connectivity index (χ3n) is 4.43. The highest BCUT2D eigenvalue weighted by molar-refractivity contribution is 5.79. The van der Waals surface area contributed by atoms with E-state index >= 15 is 0 Å². The zero-order valence-corrected chi connectivity index (χ0v) is 17.9. The van der Waals surface area contributed by atoms with Crippen LogP contribution in [0.25, 0.3) is 5.69 Å². The zero-order chi connectivity index (χ0) is 20.9. The summed E-state index contributed by atoms with van der Waals surface area (Å²) in [5.74, 6) is 2.29. The molecule has 3 rings (SSSR count). The van der Waals surface area contributed by atoms with Gasteiger partial charge >= 0.3 is 0 Å². The molecule has 7 nitrogen and oxygen atoms in total. The van der Waals surface area contributed by atoms with Crippen molar-refractivity contribution in [3.05, 3.63) is 66.1 Å². The van der Waals surface area contributed by atoms with Crippen LogP contribution in [0, 0.1) is 0 Å². The fraction of sp³-hybridized carbons (Fsp3) is 0.409. The SMILES string of the molecule is CCNC(=NCc1ncc(C(C)(C)C)o1)N(C)Cc1cnn(-c2ccccc2)c1. The molecule has 0 aliphatic carbocycles. The number of guanidine groups is 1. The van der Waals surface area contributed by atoms with Gasteiger partial charge in [0.25, 0.3) is 0 Å². The molecule has 29 heavy (non-hydrogen) atoms. The van der Waals surface area contributed by atoms with Crippen LogP contribution in [0.3, 0.4) is 0 Å². The van der Waals surface area contributed by atoms with Crippen LogP contribution in [-0.2, 0) is 18.5 Å². The number of hydrogen-bond acceptors (Lipinski definition) is 4. The summed E-state index contributed by atoms with van der Waals surface area (Å²) in [4.78, 5) is 11.1. The van der Waals surface area contributed by atoms with Crippen LogP contribution in [-0.4, -0.2) is 39.2 Å². The van der Waals surface area contributed by atoms with Crippen LogP contribution >= 0.6 is 0 Å². The summed E-state index contributed by atoms with van der Waals surface area (Å²) in [5.41, 5.74) is 2.09. The van der Waals surface area contributed by atoms with Crippen LogP contribution in [0.2, 0.25) is 0 Å². The Morgan fingerprint density at radius 2 is 1.97 bits per heavy atom. The normalized spacial score (nSPS) is 12.2. The summed E-state index contributed by atoms with van der Waals surface area (Å²) in [7, 11) is 2.01. The Bertz CT molecular complexity index is 936. The minimum absolute atomic E-state index is 0.0604. The van der Waals surface area contributed by atoms with E-state index in [9.17, 15) is 0 Å². The third kappa shape index (κ3) is 5.47. The molecular weight excluding hydrogens is 364 g/mol. The summed E-state index contributed by atoms with van der Waals surface area (Å²) in [6, 6.07) is 10.1. The molecule has 0 aliphatic heterocycles. The molecule has 0 radical (unpaired) electrons. The predicted molar refractivity (Wildman–Crippen MR) is 115 cm³/mol. The summed E-state index contributed by atoms with van der Waals surface area (Å²) in [6.07, 6.45) is 5.72. The topological polar surface area (TPSA) is 71.5 Å². The second kappa shape index (κ2) is 8.94. The van der Waals surface area contributed by atoms with E-state index in [1.807, 2.05) is 54.5 Å². The van der Waals surface area contributed by atoms with E-state index in [1.165, 1.54) is 0 Å². The summed E-state index contributed by atoms with van der Waals surface area (Å²) in [6.45, 7) is 10.2. The van der Waals surface area contributed by atoms with Gasteiger partial charge in [0.1, 0.15) is 12.3 Å². The quantitative estimate of drug-likeness (QED) is 0.509. The molecule has 2 aromatic heterocycles. The highest BCUT2D eigenvalue weighted by atomic mass is 16.4. The predicted octanol–water partition coefficient (Wildman–Crippen LogP) is 3.76. The number of oxazole rings is 1. The highest BCUT2D eigenvalue weighted by Gasteiger charge is 2.19. The van der Waals surface area contributed by atoms with E-state index in [-0.39, 0.29) is 5.41 Å². The Kier molecular flexibility index (Phi) is 6.36. The standard InChI is InChI=1S/C22H30N6O/c1-6-23-21(25-14-20-24-13-19(29-20)22(2,3)4)27(5)15-17-12-26-28(16-17)18-10-8-7-9-11-18/h7-13,16H,6,14-15H2,1-5H3,(H,23,25). The first-order chi connectivity index (χ1) is 13.9. The fourth-order valence-electron chi connectivity index (χ4n) is 2.85. The average Bonchev–Trinajstić information content (AvgIpc) is 3.35. The van der Waals surface area contributed by atoms with Crippen LogP contribution < -0.4 is 5.32 Å². The van der Waals surface area contributed by atoms with Crippen molar-refractivity contribution in [2.45, 2.75) is 46.2 Å². The molecular formula is C22H30N6O. The first kappa shape index (κ1) is 20.6. The number of para-hydroxylation sites is 1. The van der Waals surface area contributed by atoms with E-state index in [4.69, 9.17) is 4.42 Å². The van der Waals surface area contributed by atoms with Crippen molar-refractivity contribution >= 4 is 5.96 Å². The number of nitrogens with zero attached hydrogens (tertiary/aromatic N) is 5. The maximum Gasteiger partial charge on any atom is 0.216 e. The molecule has 0 saturated heterocycles. The molecule has 0 aliphatic rings. The van der Waals surface area contributed by atoms with Gasteiger partial charge in [-0.15, -0.1) is 0 Å². The summed E-state index contributed by atoms with van der Waals surface area (Å²) in [5, 5.41) is 7.80. The number of hydrogen-bond donors (Lipinski definition) is 1. The Balaban J connectivity index is 1.68. The van der Waals surface area contributed by atoms with E-state index in [2.05, 4.69) is 53.0 Å². The van der Waals surface area contributed by atoms with E-state index in [1.54, 1.807) is 6.20 Å². The fourth-order valence-corrected chi connectivity index (χ4v) is 2.85. The highest BCUT2D eigenvalue weighted by Crippen LogP contribution is 2.22. The minimum atomic E-state index is -0.0604. The van der Waals surface area contributed by atoms with Gasteiger partial charge in [-0.1, -0.05) is 39.0 Å². The monoisotopic (exact) mass is 394 g/mol. The number of nitrogens with one attached hydrogen (secondary N) is 1. The Morgan fingerprint density at radius 3 is 2.62 bits per heavy atom. The van der Waals surface area contributed by atoms with E-state index < -0.39 is 0 Å². The van der Waals surface area contributed by atoms with E-state index in [0.717, 1.165) is 29.5 Å². The van der Waals surface area contributed by atoms with Gasteiger partial charge in [-0.2, -0.15) is 5.10 Å². The van der Waals surface area contributed by atoms with Gasteiger partial charge in [0, 0.05) is 37.3 Å². The van der Waals surface area contributed by atoms with E-state index in [0.29, 0.717) is 19.0 Å². The smallest absolute Gasteiger partial charge is 0.216 e. The van der Waals surface area contributed by atoms with Crippen molar-refractivity contribution in [2.24, 2.45) is 4.99 Å². The molecule has 154 valence electrons. The molecule has 2 heterocycles. The number of benzene rings is 1. The lowest BCUT2D eigenvalue weighted by molar-refractivity contribution is 0.382. The van der Waals surface area contributed by atoms with Crippen LogP contribution in [0.4, 0.5) is 0 Å². The second-order valence-electron chi connectivity index (χ2n) is 8.02. The number of aromatic nitrogens is 3. The zero-order valence-electron chi connectivity index (χ0n) is 17.9. The Labute approximate surface area is 172 Å². The molecule has 0 saturated carbocycles. The Hall–Kier alpha value is -3.09. The first-order valence-corrected chi connectivity index (χ1v) is 9.90. The molecule has 0 bridgehead atoms. The van der Waals surface area contributed by atoms with Crippen molar-refractivity contribution in [1.82, 2.24) is 25.0 Å². The second-order valence-corrected chi connectivity index (χ2v) is 8.02. The number of rotatable bonds is 6. The number of aliphatic imine (C=N–C) groups is 1. The summed E-state index contributed by atoms with van der Waals surface area (Å²) >= 11 is 0. The first-order valence-electron chi connectivity index (χ1n) is 9.90. The van der Waals surface area contributed by atoms with Crippen LogP contribution in [0.5, 0.6) is 0 Å². The van der Waals surface area contributed by atoms with Gasteiger partial charge in [-0.3, -0.25) is 0 Å². The van der Waals surface area contributed by atoms with Crippen LogP contribution in [0.1, 0.15) is 44.9 Å². The van der Waals surface area contributed by atoms with Gasteiger partial charge in [0.05, 0.1) is 18.1 Å². The molecule has 7 heteroatoms. The molecule has 3 aromatic rings. The molecule has 1 aromatic carbocycles. The molecule has 0 amide bonds. The van der Waals surface area contributed by atoms with Gasteiger partial charge in [-0.25, -0.2) is 14.7 Å². The largest absolute Gasteiger partial charge is 0.443 e. The van der Waals surface area contributed by atoms with Gasteiger partial charge < -0.3 is 14.6 Å². The van der Waals surface area contributed by atoms with Crippen LogP contribution in [0.15, 0.2) is 58.3 Å². The lowest BCUT2D eigenvalue weighted by Crippen LogP contribution is -2.38. The molecule has 0 spiro atoms. The van der Waals surface area contributed by atoms with Gasteiger partial charge in [-0.05, 0) is 19.1 Å². The van der Waals surface area contributed by atoms with Gasteiger partial charge in [0.2, 0.25) is 5.89 Å². The maximum atomic E-state index is 5.85. The maximum absolute atomic E-state index is 5.85. The van der Waals surface area contributed by atoms with Crippen molar-refractivity contribution in [3.63, 3.8) is 0 Å². The summed E-state index contributed by atoms with van der Waals surface area (Å²) < 4.78 is 7.73.